The Labute approximate surface area is 88.0 Å². The molecule has 14 heavy (non-hydrogen) atoms. The average molecular weight is 194 g/mol. The lowest BCUT2D eigenvalue weighted by Gasteiger charge is -2.05. The van der Waals surface area contributed by atoms with Gasteiger partial charge in [-0.15, -0.1) is 0 Å². The molecule has 0 atom stereocenters. The van der Waals surface area contributed by atoms with Gasteiger partial charge in [-0.2, -0.15) is 0 Å². The number of hydrogen-bond acceptors (Lipinski definition) is 1. The van der Waals surface area contributed by atoms with Crippen LogP contribution in [0, 0.1) is 0 Å². The minimum atomic E-state index is 0.996. The molecule has 0 saturated carbocycles. The monoisotopic (exact) mass is 194 g/mol. The highest BCUT2D eigenvalue weighted by Crippen LogP contribution is 2.03. The summed E-state index contributed by atoms with van der Waals surface area (Å²) >= 11 is 0. The Morgan fingerprint density at radius 1 is 1.21 bits per heavy atom. The highest BCUT2D eigenvalue weighted by Gasteiger charge is 1.88. The van der Waals surface area contributed by atoms with E-state index in [1.807, 2.05) is 24.5 Å². The summed E-state index contributed by atoms with van der Waals surface area (Å²) < 4.78 is 0. The lowest BCUT2D eigenvalue weighted by Crippen LogP contribution is -2.06. The second-order valence-corrected chi connectivity index (χ2v) is 3.16. The van der Waals surface area contributed by atoms with Crippen LogP contribution in [0.3, 0.4) is 0 Å². The first kappa shape index (κ1) is 12.9. The molecule has 0 aliphatic rings. The molecule has 0 fully saturated rings. The molecular formula is C12H22N2. The van der Waals surface area contributed by atoms with Gasteiger partial charge in [0.15, 0.2) is 0 Å². The van der Waals surface area contributed by atoms with Gasteiger partial charge < -0.3 is 4.90 Å². The number of hydrogen-bond donors (Lipinski definition) is 0. The summed E-state index contributed by atoms with van der Waals surface area (Å²) in [6.45, 7) is 6.38. The first-order chi connectivity index (χ1) is 6.74. The summed E-state index contributed by atoms with van der Waals surface area (Å²) in [6, 6.07) is 0. The van der Waals surface area contributed by atoms with Gasteiger partial charge in [-0.3, -0.25) is 0 Å². The van der Waals surface area contributed by atoms with Crippen molar-refractivity contribution in [3.8, 4) is 0 Å². The van der Waals surface area contributed by atoms with Crippen LogP contribution in [-0.4, -0.2) is 18.3 Å². The zero-order valence-corrected chi connectivity index (χ0v) is 9.83. The molecule has 0 aromatic rings. The molecule has 0 amide bonds. The topological polar surface area (TPSA) is 15.6 Å². The van der Waals surface area contributed by atoms with Crippen LogP contribution < -0.4 is 0 Å². The molecule has 0 radical (unpaired) electrons. The van der Waals surface area contributed by atoms with Crippen molar-refractivity contribution < 1.29 is 0 Å². The van der Waals surface area contributed by atoms with Crippen LogP contribution in [0.25, 0.3) is 0 Å². The van der Waals surface area contributed by atoms with Crippen molar-refractivity contribution >= 4 is 6.34 Å². The van der Waals surface area contributed by atoms with E-state index in [9.17, 15) is 0 Å². The molecule has 0 heterocycles. The van der Waals surface area contributed by atoms with Crippen LogP contribution in [0.4, 0.5) is 0 Å². The summed E-state index contributed by atoms with van der Waals surface area (Å²) in [5.41, 5.74) is 1.16. The number of allylic oxidation sites excluding steroid dienone is 3. The molecule has 0 aliphatic carbocycles. The van der Waals surface area contributed by atoms with Gasteiger partial charge >= 0.3 is 0 Å². The summed E-state index contributed by atoms with van der Waals surface area (Å²) in [4.78, 5) is 6.37. The number of rotatable bonds is 6. The van der Waals surface area contributed by atoms with Gasteiger partial charge in [-0.05, 0) is 19.3 Å². The minimum Gasteiger partial charge on any atom is -0.342 e. The first-order valence-corrected chi connectivity index (χ1v) is 5.36. The van der Waals surface area contributed by atoms with E-state index in [2.05, 4.69) is 37.9 Å². The normalized spacial score (nSPS) is 13.0. The van der Waals surface area contributed by atoms with E-state index in [4.69, 9.17) is 0 Å². The zero-order valence-electron chi connectivity index (χ0n) is 9.83. The van der Waals surface area contributed by atoms with Gasteiger partial charge in [0.2, 0.25) is 0 Å². The van der Waals surface area contributed by atoms with Gasteiger partial charge in [0.1, 0.15) is 0 Å². The summed E-state index contributed by atoms with van der Waals surface area (Å²) in [6.07, 6.45) is 11.3. The van der Waals surface area contributed by atoms with E-state index in [1.54, 1.807) is 0 Å². The second kappa shape index (κ2) is 8.54. The molecular weight excluding hydrogens is 172 g/mol. The van der Waals surface area contributed by atoms with Crippen LogP contribution in [0.1, 0.15) is 40.0 Å². The quantitative estimate of drug-likeness (QED) is 0.466. The Morgan fingerprint density at radius 2 is 1.93 bits per heavy atom. The minimum absolute atomic E-state index is 0.996. The smallest absolute Gasteiger partial charge is 0.0945 e. The Kier molecular flexibility index (Phi) is 7.90. The summed E-state index contributed by atoms with van der Waals surface area (Å²) in [7, 11) is 1.99. The van der Waals surface area contributed by atoms with Crippen molar-refractivity contribution in [3.05, 3.63) is 24.0 Å². The van der Waals surface area contributed by atoms with Crippen molar-refractivity contribution in [2.45, 2.75) is 40.0 Å². The van der Waals surface area contributed by atoms with E-state index >= 15 is 0 Å². The molecule has 0 aliphatic heterocycles. The van der Waals surface area contributed by atoms with E-state index in [0.717, 1.165) is 25.0 Å². The SMILES string of the molecule is CC/C=C\N(C)/C=N\C(=C\CC)CC. The molecule has 2 nitrogen and oxygen atoms in total. The van der Waals surface area contributed by atoms with Gasteiger partial charge in [-0.25, -0.2) is 4.99 Å². The Balaban J connectivity index is 4.12. The van der Waals surface area contributed by atoms with Crippen LogP contribution in [-0.2, 0) is 0 Å². The molecule has 0 bridgehead atoms. The lowest BCUT2D eigenvalue weighted by molar-refractivity contribution is 0.703. The van der Waals surface area contributed by atoms with E-state index in [-0.39, 0.29) is 0 Å². The fourth-order valence-corrected chi connectivity index (χ4v) is 0.999. The molecule has 0 aromatic carbocycles. The van der Waals surface area contributed by atoms with Crippen molar-refractivity contribution in [2.75, 3.05) is 7.05 Å². The van der Waals surface area contributed by atoms with Gasteiger partial charge in [0.05, 0.1) is 6.34 Å². The van der Waals surface area contributed by atoms with Crippen LogP contribution in [0.2, 0.25) is 0 Å². The zero-order chi connectivity index (χ0) is 10.8. The van der Waals surface area contributed by atoms with Gasteiger partial charge in [-0.1, -0.05) is 32.9 Å². The van der Waals surface area contributed by atoms with Crippen LogP contribution in [0.15, 0.2) is 29.0 Å². The van der Waals surface area contributed by atoms with Crippen molar-refractivity contribution in [2.24, 2.45) is 4.99 Å². The van der Waals surface area contributed by atoms with Gasteiger partial charge in [0.25, 0.3) is 0 Å². The summed E-state index contributed by atoms with van der Waals surface area (Å²) in [5.74, 6) is 0. The fourth-order valence-electron chi connectivity index (χ4n) is 0.999. The van der Waals surface area contributed by atoms with Crippen LogP contribution >= 0.6 is 0 Å². The van der Waals surface area contributed by atoms with Crippen molar-refractivity contribution in [1.82, 2.24) is 4.90 Å². The average Bonchev–Trinajstić information content (AvgIpc) is 2.21. The van der Waals surface area contributed by atoms with Crippen molar-refractivity contribution in [1.29, 1.82) is 0 Å². The highest BCUT2D eigenvalue weighted by atomic mass is 15.1. The van der Waals surface area contributed by atoms with E-state index in [1.165, 1.54) is 0 Å². The molecule has 0 saturated heterocycles. The molecule has 80 valence electrons. The largest absolute Gasteiger partial charge is 0.342 e. The van der Waals surface area contributed by atoms with Crippen molar-refractivity contribution in [3.63, 3.8) is 0 Å². The third kappa shape index (κ3) is 6.46. The Bertz CT molecular complexity index is 214. The van der Waals surface area contributed by atoms with E-state index < -0.39 is 0 Å². The standard InChI is InChI=1S/C12H22N2/c1-5-8-10-14(4)11-13-12(7-3)9-6-2/h8-11H,5-7H2,1-4H3/b10-8-,12-9+,13-11-. The fraction of sp³-hybridized carbons (Fsp3) is 0.583. The maximum atomic E-state index is 4.40. The molecule has 0 N–H and O–H groups in total. The predicted molar refractivity (Wildman–Crippen MR) is 64.4 cm³/mol. The highest BCUT2D eigenvalue weighted by molar-refractivity contribution is 5.57. The Hall–Kier alpha value is -1.05. The third-order valence-electron chi connectivity index (χ3n) is 1.78. The molecule has 2 heteroatoms. The predicted octanol–water partition coefficient (Wildman–Crippen LogP) is 3.57. The van der Waals surface area contributed by atoms with Crippen LogP contribution in [0.5, 0.6) is 0 Å². The van der Waals surface area contributed by atoms with Gasteiger partial charge in [0, 0.05) is 18.9 Å². The first-order valence-electron chi connectivity index (χ1n) is 5.36. The third-order valence-corrected chi connectivity index (χ3v) is 1.78. The number of nitrogens with zero attached hydrogens (tertiary/aromatic N) is 2. The second-order valence-electron chi connectivity index (χ2n) is 3.16. The summed E-state index contributed by atoms with van der Waals surface area (Å²) in [5, 5.41) is 0. The molecule has 0 aromatic heterocycles. The maximum absolute atomic E-state index is 4.40. The maximum Gasteiger partial charge on any atom is 0.0945 e. The number of aliphatic imine (C=N–C) groups is 1. The van der Waals surface area contributed by atoms with E-state index in [0.29, 0.717) is 0 Å². The molecule has 0 rings (SSSR count). The molecule has 0 spiro atoms. The molecule has 0 unspecified atom stereocenters. The Morgan fingerprint density at radius 3 is 2.43 bits per heavy atom. The lowest BCUT2D eigenvalue weighted by atomic mass is 10.3.